The van der Waals surface area contributed by atoms with Gasteiger partial charge in [0.25, 0.3) is 5.96 Å². The van der Waals surface area contributed by atoms with Gasteiger partial charge in [-0.05, 0) is 0 Å². The van der Waals surface area contributed by atoms with Gasteiger partial charge < -0.3 is 18.9 Å². The lowest BCUT2D eigenvalue weighted by Gasteiger charge is -2.38. The number of carbonyl (C=O) groups excluding carboxylic acids is 5. The zero-order chi connectivity index (χ0) is 32.0. The van der Waals surface area contributed by atoms with Crippen molar-refractivity contribution >= 4 is 47.2 Å². The first kappa shape index (κ1) is 31.5. The third-order valence-corrected chi connectivity index (χ3v) is 6.32. The van der Waals surface area contributed by atoms with Crippen LogP contribution in [0.25, 0.3) is 0 Å². The van der Waals surface area contributed by atoms with Gasteiger partial charge >= 0.3 is 23.9 Å². The second kappa shape index (κ2) is 13.7. The molecule has 2 aliphatic heterocycles. The van der Waals surface area contributed by atoms with E-state index in [0.29, 0.717) is 17.0 Å². The fraction of sp³-hybridized carbons (Fsp3) is 0.333. The molecule has 44 heavy (non-hydrogen) atoms. The molecule has 1 amide bonds. The molecule has 4 atom stereocenters. The van der Waals surface area contributed by atoms with E-state index in [4.69, 9.17) is 29.0 Å². The largest absolute Gasteiger partial charge is 0.462 e. The maximum absolute atomic E-state index is 13.0. The van der Waals surface area contributed by atoms with E-state index < -0.39 is 60.9 Å². The Bertz CT molecular complexity index is 1520. The van der Waals surface area contributed by atoms with Crippen molar-refractivity contribution < 1.29 is 42.9 Å². The number of aliphatic imine (C=N–C) groups is 1. The maximum Gasteiger partial charge on any atom is 0.303 e. The number of ether oxygens (including phenoxy) is 4. The van der Waals surface area contributed by atoms with Gasteiger partial charge in [-0.1, -0.05) is 60.7 Å². The molecule has 1 unspecified atom stereocenters. The van der Waals surface area contributed by atoms with E-state index in [1.54, 1.807) is 0 Å². The van der Waals surface area contributed by atoms with E-state index in [-0.39, 0.29) is 5.96 Å². The molecular weight excluding hydrogens is 574 g/mol. The maximum atomic E-state index is 13.0. The number of nitrogens with zero attached hydrogens (tertiary/aromatic N) is 5. The summed E-state index contributed by atoms with van der Waals surface area (Å²) in [6.07, 6.45) is -5.98. The Morgan fingerprint density at radius 2 is 1.25 bits per heavy atom. The van der Waals surface area contributed by atoms with Gasteiger partial charge in [0, 0.05) is 45.7 Å². The minimum atomic E-state index is -1.59. The SMILES string of the molecule is CC(=O)OC[C@@H](OC(C)=O)[C@@H](OC(C)=O)[C@@H](OC(C)=O)C1N(C(C)=O)N=C2N=C(c3ccccc3)C(c3ccccc3)=NN21. The number of hydrazone groups is 2. The van der Waals surface area contributed by atoms with Crippen LogP contribution in [0.1, 0.15) is 45.7 Å². The summed E-state index contributed by atoms with van der Waals surface area (Å²) in [5.41, 5.74) is 2.28. The molecule has 2 aromatic carbocycles. The van der Waals surface area contributed by atoms with E-state index in [0.717, 1.165) is 38.3 Å². The first-order valence-electron chi connectivity index (χ1n) is 13.6. The first-order valence-corrected chi connectivity index (χ1v) is 13.6. The summed E-state index contributed by atoms with van der Waals surface area (Å²) in [4.78, 5) is 66.3. The van der Waals surface area contributed by atoms with Crippen LogP contribution in [0.5, 0.6) is 0 Å². The van der Waals surface area contributed by atoms with Crippen LogP contribution in [0.4, 0.5) is 0 Å². The number of guanidine groups is 1. The van der Waals surface area contributed by atoms with Crippen LogP contribution < -0.4 is 0 Å². The fourth-order valence-electron chi connectivity index (χ4n) is 4.68. The van der Waals surface area contributed by atoms with Crippen molar-refractivity contribution in [3.63, 3.8) is 0 Å². The summed E-state index contributed by atoms with van der Waals surface area (Å²) < 4.78 is 21.7. The van der Waals surface area contributed by atoms with E-state index >= 15 is 0 Å². The molecule has 0 N–H and O–H groups in total. The molecule has 2 aromatic rings. The number of carbonyl (C=O) groups is 5. The van der Waals surface area contributed by atoms with Gasteiger partial charge in [0.1, 0.15) is 18.0 Å². The van der Waals surface area contributed by atoms with E-state index in [1.165, 1.54) is 11.9 Å². The van der Waals surface area contributed by atoms with Crippen LogP contribution in [-0.4, -0.2) is 88.3 Å². The van der Waals surface area contributed by atoms with Crippen molar-refractivity contribution in [1.29, 1.82) is 0 Å². The summed E-state index contributed by atoms with van der Waals surface area (Å²) in [5, 5.41) is 11.5. The van der Waals surface area contributed by atoms with Crippen molar-refractivity contribution in [3.05, 3.63) is 71.8 Å². The molecule has 0 saturated carbocycles. The molecular formula is C30H31N5O9. The third-order valence-electron chi connectivity index (χ3n) is 6.32. The Kier molecular flexibility index (Phi) is 9.83. The van der Waals surface area contributed by atoms with Gasteiger partial charge in [-0.3, -0.25) is 24.0 Å². The molecule has 0 aliphatic carbocycles. The number of benzene rings is 2. The number of amides is 1. The average molecular weight is 606 g/mol. The highest BCUT2D eigenvalue weighted by molar-refractivity contribution is 6.55. The van der Waals surface area contributed by atoms with Gasteiger partial charge in [0.15, 0.2) is 24.5 Å². The number of hydrogen-bond acceptors (Lipinski definition) is 13. The molecule has 0 saturated heterocycles. The van der Waals surface area contributed by atoms with Gasteiger partial charge in [0.2, 0.25) is 5.91 Å². The summed E-state index contributed by atoms with van der Waals surface area (Å²) in [5.74, 6) is -3.78. The first-order chi connectivity index (χ1) is 21.0. The smallest absolute Gasteiger partial charge is 0.303 e. The highest BCUT2D eigenvalue weighted by atomic mass is 16.6. The van der Waals surface area contributed by atoms with E-state index in [1.807, 2.05) is 60.7 Å². The highest BCUT2D eigenvalue weighted by Gasteiger charge is 2.52. The standard InChI is InChI=1S/C30H31N5O9/c1-17(36)34-29(28(44-21(5)40)27(43-20(4)39)24(42-19(3)38)16-41-18(2)37)35-30(33-34)31-25(22-12-8-6-9-13-22)26(32-35)23-14-10-7-11-15-23/h6-15,24,27-29H,16H2,1-5H3/t24-,27-,28-,29?/m1/s1. The van der Waals surface area contributed by atoms with Crippen LogP contribution in [0, 0.1) is 0 Å². The predicted octanol–water partition coefficient (Wildman–Crippen LogP) is 2.01. The lowest BCUT2D eigenvalue weighted by atomic mass is 9.99. The fourth-order valence-corrected chi connectivity index (χ4v) is 4.68. The number of esters is 4. The summed E-state index contributed by atoms with van der Waals surface area (Å²) in [6.45, 7) is 5.12. The highest BCUT2D eigenvalue weighted by Crippen LogP contribution is 2.31. The Morgan fingerprint density at radius 3 is 1.75 bits per heavy atom. The van der Waals surface area contributed by atoms with Crippen LogP contribution >= 0.6 is 0 Å². The number of fused-ring (bicyclic) bond motifs is 1. The molecule has 2 heterocycles. The predicted molar refractivity (Wildman–Crippen MR) is 155 cm³/mol. The molecule has 0 radical (unpaired) electrons. The third kappa shape index (κ3) is 7.32. The Balaban J connectivity index is 1.89. The minimum Gasteiger partial charge on any atom is -0.462 e. The quantitative estimate of drug-likeness (QED) is 0.289. The van der Waals surface area contributed by atoms with Crippen molar-refractivity contribution in [3.8, 4) is 0 Å². The molecule has 0 fully saturated rings. The zero-order valence-electron chi connectivity index (χ0n) is 24.7. The molecule has 0 spiro atoms. The second-order valence-corrected chi connectivity index (χ2v) is 9.76. The van der Waals surface area contributed by atoms with Gasteiger partial charge in [-0.25, -0.2) is 15.0 Å². The Hall–Kier alpha value is -5.40. The van der Waals surface area contributed by atoms with Crippen molar-refractivity contribution in [2.45, 2.75) is 59.1 Å². The van der Waals surface area contributed by atoms with Crippen molar-refractivity contribution in [1.82, 2.24) is 10.0 Å². The van der Waals surface area contributed by atoms with Crippen LogP contribution in [-0.2, 0) is 42.9 Å². The molecule has 14 nitrogen and oxygen atoms in total. The van der Waals surface area contributed by atoms with E-state index in [9.17, 15) is 24.0 Å². The molecule has 2 aliphatic rings. The lowest BCUT2D eigenvalue weighted by molar-refractivity contribution is -0.199. The van der Waals surface area contributed by atoms with Gasteiger partial charge in [0.05, 0.1) is 0 Å². The van der Waals surface area contributed by atoms with Crippen molar-refractivity contribution in [2.75, 3.05) is 6.61 Å². The van der Waals surface area contributed by atoms with Gasteiger partial charge in [-0.2, -0.15) is 5.10 Å². The molecule has 4 rings (SSSR count). The topological polar surface area (TPSA) is 166 Å². The Labute approximate surface area is 252 Å². The van der Waals surface area contributed by atoms with Gasteiger partial charge in [-0.15, -0.1) is 5.10 Å². The summed E-state index contributed by atoms with van der Waals surface area (Å²) in [7, 11) is 0. The number of hydrogen-bond donors (Lipinski definition) is 0. The van der Waals surface area contributed by atoms with E-state index in [2.05, 4.69) is 5.10 Å². The minimum absolute atomic E-state index is 0.0218. The Morgan fingerprint density at radius 1 is 0.705 bits per heavy atom. The van der Waals surface area contributed by atoms with Crippen molar-refractivity contribution in [2.24, 2.45) is 15.2 Å². The second-order valence-electron chi connectivity index (χ2n) is 9.76. The monoisotopic (exact) mass is 605 g/mol. The average Bonchev–Trinajstić information content (AvgIpc) is 3.35. The van der Waals surface area contributed by atoms with Crippen LogP contribution in [0.3, 0.4) is 0 Å². The summed E-state index contributed by atoms with van der Waals surface area (Å²) in [6, 6.07) is 18.4. The normalized spacial score (nSPS) is 17.6. The number of rotatable bonds is 10. The van der Waals surface area contributed by atoms with Crippen LogP contribution in [0.15, 0.2) is 75.9 Å². The molecule has 0 aromatic heterocycles. The lowest BCUT2D eigenvalue weighted by Crippen LogP contribution is -2.60. The van der Waals surface area contributed by atoms with Crippen LogP contribution in [0.2, 0.25) is 0 Å². The molecule has 14 heteroatoms. The molecule has 0 bridgehead atoms. The summed E-state index contributed by atoms with van der Waals surface area (Å²) >= 11 is 0. The zero-order valence-corrected chi connectivity index (χ0v) is 24.7. The molecule has 230 valence electrons.